The Bertz CT molecular complexity index is 683. The third kappa shape index (κ3) is 2.17. The van der Waals surface area contributed by atoms with Crippen LogP contribution in [0.4, 0.5) is 0 Å². The summed E-state index contributed by atoms with van der Waals surface area (Å²) in [5, 5.41) is 8.96. The van der Waals surface area contributed by atoms with Gasteiger partial charge in [-0.3, -0.25) is 0 Å². The van der Waals surface area contributed by atoms with Gasteiger partial charge in [0.25, 0.3) is 0 Å². The summed E-state index contributed by atoms with van der Waals surface area (Å²) >= 11 is 6.31. The molecule has 104 valence electrons. The minimum absolute atomic E-state index is 0.140. The normalized spacial score (nSPS) is 21.2. The molecule has 4 nitrogen and oxygen atoms in total. The molecule has 20 heavy (non-hydrogen) atoms. The van der Waals surface area contributed by atoms with Crippen molar-refractivity contribution in [2.45, 2.75) is 24.8 Å². The van der Waals surface area contributed by atoms with Gasteiger partial charge >= 0.3 is 0 Å². The van der Waals surface area contributed by atoms with Crippen LogP contribution in [-0.2, 0) is 0 Å². The number of aromatic nitrogens is 2. The number of imidazole rings is 1. The summed E-state index contributed by atoms with van der Waals surface area (Å²) in [7, 11) is 2.13. The molecule has 1 aromatic carbocycles. The second kappa shape index (κ2) is 5.08. The van der Waals surface area contributed by atoms with Crippen molar-refractivity contribution in [1.82, 2.24) is 14.5 Å². The van der Waals surface area contributed by atoms with Crippen LogP contribution in [0.1, 0.15) is 36.2 Å². The maximum absolute atomic E-state index is 9.10. The molecule has 3 rings (SSSR count). The fourth-order valence-corrected chi connectivity index (χ4v) is 3.12. The standard InChI is InChI=1S/C15H17ClN4/c1-10(16)15-18-13-4-3-11(8-17)7-14(13)20(15)12-5-6-19(2)9-12/h3-4,7,10,12H,5-6,9H2,1-2H3. The Hall–Kier alpha value is -1.57. The average molecular weight is 289 g/mol. The van der Waals surface area contributed by atoms with Gasteiger partial charge in [0.05, 0.1) is 28.0 Å². The molecule has 5 heteroatoms. The van der Waals surface area contributed by atoms with E-state index in [1.165, 1.54) is 0 Å². The Labute approximate surface area is 123 Å². The van der Waals surface area contributed by atoms with Crippen LogP contribution < -0.4 is 0 Å². The first-order chi connectivity index (χ1) is 9.60. The molecule has 1 saturated heterocycles. The van der Waals surface area contributed by atoms with E-state index >= 15 is 0 Å². The number of rotatable bonds is 2. The third-order valence-corrected chi connectivity index (χ3v) is 4.13. The van der Waals surface area contributed by atoms with Gasteiger partial charge in [-0.1, -0.05) is 0 Å². The van der Waals surface area contributed by atoms with Gasteiger partial charge in [-0.05, 0) is 45.1 Å². The van der Waals surface area contributed by atoms with E-state index in [-0.39, 0.29) is 5.38 Å². The Morgan fingerprint density at radius 1 is 1.50 bits per heavy atom. The highest BCUT2D eigenvalue weighted by molar-refractivity contribution is 6.20. The minimum atomic E-state index is -0.140. The van der Waals surface area contributed by atoms with Crippen LogP contribution in [0.15, 0.2) is 18.2 Å². The summed E-state index contributed by atoms with van der Waals surface area (Å²) in [6.07, 6.45) is 1.09. The molecule has 2 unspecified atom stereocenters. The van der Waals surface area contributed by atoms with Crippen molar-refractivity contribution in [3.8, 4) is 6.07 Å². The van der Waals surface area contributed by atoms with Gasteiger partial charge in [0.1, 0.15) is 5.82 Å². The molecule has 1 aliphatic heterocycles. The zero-order valence-electron chi connectivity index (χ0n) is 11.7. The van der Waals surface area contributed by atoms with E-state index in [1.807, 2.05) is 25.1 Å². The van der Waals surface area contributed by atoms with E-state index < -0.39 is 0 Å². The van der Waals surface area contributed by atoms with Crippen molar-refractivity contribution >= 4 is 22.6 Å². The number of alkyl halides is 1. The summed E-state index contributed by atoms with van der Waals surface area (Å²) in [6, 6.07) is 8.22. The Morgan fingerprint density at radius 3 is 2.90 bits per heavy atom. The first kappa shape index (κ1) is 13.4. The van der Waals surface area contributed by atoms with Crippen LogP contribution in [-0.4, -0.2) is 34.6 Å². The van der Waals surface area contributed by atoms with Crippen molar-refractivity contribution in [2.75, 3.05) is 20.1 Å². The summed E-state index contributed by atoms with van der Waals surface area (Å²) < 4.78 is 2.23. The zero-order valence-corrected chi connectivity index (χ0v) is 12.4. The fourth-order valence-electron chi connectivity index (χ4n) is 2.97. The summed E-state index contributed by atoms with van der Waals surface area (Å²) in [6.45, 7) is 4.03. The van der Waals surface area contributed by atoms with Gasteiger partial charge in [-0.15, -0.1) is 11.6 Å². The van der Waals surface area contributed by atoms with Crippen LogP contribution in [0, 0.1) is 11.3 Å². The zero-order chi connectivity index (χ0) is 14.3. The van der Waals surface area contributed by atoms with Gasteiger partial charge < -0.3 is 9.47 Å². The van der Waals surface area contributed by atoms with E-state index in [0.29, 0.717) is 11.6 Å². The van der Waals surface area contributed by atoms with E-state index in [0.717, 1.165) is 36.4 Å². The lowest BCUT2D eigenvalue weighted by Crippen LogP contribution is -2.18. The van der Waals surface area contributed by atoms with Gasteiger partial charge in [-0.25, -0.2) is 4.98 Å². The lowest BCUT2D eigenvalue weighted by molar-refractivity contribution is 0.392. The summed E-state index contributed by atoms with van der Waals surface area (Å²) in [4.78, 5) is 6.97. The van der Waals surface area contributed by atoms with Crippen LogP contribution in [0.2, 0.25) is 0 Å². The lowest BCUT2D eigenvalue weighted by atomic mass is 10.2. The number of fused-ring (bicyclic) bond motifs is 1. The topological polar surface area (TPSA) is 44.9 Å². The van der Waals surface area contributed by atoms with Gasteiger partial charge in [0, 0.05) is 12.6 Å². The molecule has 1 aromatic heterocycles. The second-order valence-corrected chi connectivity index (χ2v) is 6.13. The monoisotopic (exact) mass is 288 g/mol. The number of likely N-dealkylation sites (N-methyl/N-ethyl adjacent to an activating group) is 1. The van der Waals surface area contributed by atoms with Gasteiger partial charge in [0.15, 0.2) is 0 Å². The second-order valence-electron chi connectivity index (χ2n) is 5.48. The molecule has 2 aromatic rings. The smallest absolute Gasteiger partial charge is 0.128 e. The largest absolute Gasteiger partial charge is 0.322 e. The molecule has 1 aliphatic rings. The number of hydrogen-bond acceptors (Lipinski definition) is 3. The lowest BCUT2D eigenvalue weighted by Gasteiger charge is -2.18. The fraction of sp³-hybridized carbons (Fsp3) is 0.467. The minimum Gasteiger partial charge on any atom is -0.322 e. The van der Waals surface area contributed by atoms with Crippen LogP contribution in [0.5, 0.6) is 0 Å². The third-order valence-electron chi connectivity index (χ3n) is 3.93. The number of nitriles is 1. The van der Waals surface area contributed by atoms with Crippen molar-refractivity contribution < 1.29 is 0 Å². The van der Waals surface area contributed by atoms with Crippen molar-refractivity contribution in [1.29, 1.82) is 5.26 Å². The molecule has 0 amide bonds. The number of likely N-dealkylation sites (tertiary alicyclic amines) is 1. The molecule has 1 fully saturated rings. The van der Waals surface area contributed by atoms with E-state index in [2.05, 4.69) is 27.6 Å². The van der Waals surface area contributed by atoms with E-state index in [4.69, 9.17) is 16.9 Å². The van der Waals surface area contributed by atoms with Crippen molar-refractivity contribution in [3.05, 3.63) is 29.6 Å². The Balaban J connectivity index is 2.20. The molecular formula is C15H17ClN4. The van der Waals surface area contributed by atoms with Crippen molar-refractivity contribution in [2.24, 2.45) is 0 Å². The number of benzene rings is 1. The molecule has 0 saturated carbocycles. The van der Waals surface area contributed by atoms with Crippen LogP contribution >= 0.6 is 11.6 Å². The summed E-state index contributed by atoms with van der Waals surface area (Å²) in [5.41, 5.74) is 2.60. The molecule has 0 radical (unpaired) electrons. The van der Waals surface area contributed by atoms with E-state index in [9.17, 15) is 0 Å². The van der Waals surface area contributed by atoms with Crippen LogP contribution in [0.25, 0.3) is 11.0 Å². The Morgan fingerprint density at radius 2 is 2.30 bits per heavy atom. The predicted octanol–water partition coefficient (Wildman–Crippen LogP) is 3.08. The maximum atomic E-state index is 9.10. The highest BCUT2D eigenvalue weighted by Crippen LogP contribution is 2.32. The summed E-state index contributed by atoms with van der Waals surface area (Å²) in [5.74, 6) is 0.900. The Kier molecular flexibility index (Phi) is 3.41. The molecular weight excluding hydrogens is 272 g/mol. The number of nitrogens with zero attached hydrogens (tertiary/aromatic N) is 4. The highest BCUT2D eigenvalue weighted by Gasteiger charge is 2.26. The first-order valence-corrected chi connectivity index (χ1v) is 7.28. The molecule has 2 atom stereocenters. The van der Waals surface area contributed by atoms with Crippen molar-refractivity contribution in [3.63, 3.8) is 0 Å². The number of halogens is 1. The van der Waals surface area contributed by atoms with Crippen LogP contribution in [0.3, 0.4) is 0 Å². The maximum Gasteiger partial charge on any atom is 0.128 e. The molecule has 0 bridgehead atoms. The highest BCUT2D eigenvalue weighted by atomic mass is 35.5. The predicted molar refractivity (Wildman–Crippen MR) is 79.9 cm³/mol. The van der Waals surface area contributed by atoms with Gasteiger partial charge in [0.2, 0.25) is 0 Å². The molecule has 2 heterocycles. The molecule has 0 N–H and O–H groups in total. The first-order valence-electron chi connectivity index (χ1n) is 6.84. The average Bonchev–Trinajstić information content (AvgIpc) is 3.00. The molecule has 0 aliphatic carbocycles. The van der Waals surface area contributed by atoms with Gasteiger partial charge in [-0.2, -0.15) is 5.26 Å². The SMILES string of the molecule is CC(Cl)c1nc2ccc(C#N)cc2n1C1CCN(C)C1. The molecule has 0 spiro atoms. The van der Waals surface area contributed by atoms with E-state index in [1.54, 1.807) is 0 Å². The number of hydrogen-bond donors (Lipinski definition) is 0. The quantitative estimate of drug-likeness (QED) is 0.798.